The number of carbonyl (C=O) groups is 2. The minimum absolute atomic E-state index is 0.0628. The summed E-state index contributed by atoms with van der Waals surface area (Å²) in [6, 6.07) is 14.0. The molecule has 0 aliphatic carbocycles. The van der Waals surface area contributed by atoms with Crippen LogP contribution in [0.15, 0.2) is 53.0 Å². The lowest BCUT2D eigenvalue weighted by molar-refractivity contribution is -0.128. The van der Waals surface area contributed by atoms with E-state index in [2.05, 4.69) is 26.6 Å². The number of halogens is 1. The Hall–Kier alpha value is -2.34. The van der Waals surface area contributed by atoms with Crippen LogP contribution in [0.3, 0.4) is 0 Å². The van der Waals surface area contributed by atoms with E-state index in [1.54, 1.807) is 12.1 Å². The number of nitrogens with one attached hydrogen (secondary N) is 2. The molecule has 26 heavy (non-hydrogen) atoms. The van der Waals surface area contributed by atoms with Crippen LogP contribution in [0.5, 0.6) is 5.75 Å². The highest BCUT2D eigenvalue weighted by molar-refractivity contribution is 9.10. The fraction of sp³-hybridized carbons (Fsp3) is 0.300. The van der Waals surface area contributed by atoms with Gasteiger partial charge in [-0.3, -0.25) is 9.59 Å². The minimum Gasteiger partial charge on any atom is -0.484 e. The second-order valence-electron chi connectivity index (χ2n) is 6.34. The maximum atomic E-state index is 12.6. The summed E-state index contributed by atoms with van der Waals surface area (Å²) in [6.45, 7) is 5.57. The van der Waals surface area contributed by atoms with Gasteiger partial charge in [-0.05, 0) is 48.7 Å². The Morgan fingerprint density at radius 3 is 2.42 bits per heavy atom. The number of anilines is 1. The lowest BCUT2D eigenvalue weighted by Gasteiger charge is -2.22. The normalized spacial score (nSPS) is 11.7. The van der Waals surface area contributed by atoms with Gasteiger partial charge in [0.1, 0.15) is 11.8 Å². The molecule has 0 unspecified atom stereocenters. The summed E-state index contributed by atoms with van der Waals surface area (Å²) >= 11 is 3.43. The smallest absolute Gasteiger partial charge is 0.258 e. The number of para-hydroxylation sites is 1. The highest BCUT2D eigenvalue weighted by atomic mass is 79.9. The van der Waals surface area contributed by atoms with Gasteiger partial charge in [0.2, 0.25) is 5.91 Å². The van der Waals surface area contributed by atoms with E-state index in [-0.39, 0.29) is 24.3 Å². The zero-order valence-electron chi connectivity index (χ0n) is 15.1. The molecule has 2 rings (SSSR count). The van der Waals surface area contributed by atoms with Crippen molar-refractivity contribution in [3.05, 3.63) is 58.6 Å². The van der Waals surface area contributed by atoms with Crippen molar-refractivity contribution in [3.63, 3.8) is 0 Å². The van der Waals surface area contributed by atoms with Crippen LogP contribution in [0.25, 0.3) is 0 Å². The predicted molar refractivity (Wildman–Crippen MR) is 106 cm³/mol. The van der Waals surface area contributed by atoms with E-state index in [1.165, 1.54) is 0 Å². The van der Waals surface area contributed by atoms with E-state index in [0.29, 0.717) is 11.4 Å². The number of amides is 2. The molecule has 0 saturated carbocycles. The number of benzene rings is 2. The van der Waals surface area contributed by atoms with Gasteiger partial charge in [0.15, 0.2) is 6.61 Å². The third kappa shape index (κ3) is 5.88. The first-order valence-corrected chi connectivity index (χ1v) is 9.20. The molecule has 0 spiro atoms. The summed E-state index contributed by atoms with van der Waals surface area (Å²) in [5.74, 6) is -0.0461. The summed E-state index contributed by atoms with van der Waals surface area (Å²) in [6.07, 6.45) is 0. The molecule has 0 fully saturated rings. The number of ether oxygens (including phenoxy) is 1. The van der Waals surface area contributed by atoms with Crippen LogP contribution < -0.4 is 15.4 Å². The standard InChI is InChI=1S/C20H23BrN2O3/c1-13(2)19(20(25)22-15-9-10-17(21)14(3)11-15)23-18(24)12-26-16-7-5-4-6-8-16/h4-11,13,19H,12H2,1-3H3,(H,22,25)(H,23,24)/t19-/m0/s1. The van der Waals surface area contributed by atoms with Crippen LogP contribution in [0, 0.1) is 12.8 Å². The van der Waals surface area contributed by atoms with Crippen molar-refractivity contribution >= 4 is 33.4 Å². The molecule has 0 saturated heterocycles. The Labute approximate surface area is 162 Å². The average Bonchev–Trinajstić information content (AvgIpc) is 2.61. The SMILES string of the molecule is Cc1cc(NC(=O)[C@@H](NC(=O)COc2ccccc2)C(C)C)ccc1Br. The summed E-state index contributed by atoms with van der Waals surface area (Å²) in [5.41, 5.74) is 1.71. The van der Waals surface area contributed by atoms with Crippen molar-refractivity contribution in [2.45, 2.75) is 26.8 Å². The molecule has 0 aromatic heterocycles. The Balaban J connectivity index is 1.95. The highest BCUT2D eigenvalue weighted by Gasteiger charge is 2.24. The molecule has 0 heterocycles. The van der Waals surface area contributed by atoms with E-state index >= 15 is 0 Å². The van der Waals surface area contributed by atoms with Crippen LogP contribution in [0.2, 0.25) is 0 Å². The Bertz CT molecular complexity index is 763. The van der Waals surface area contributed by atoms with Crippen molar-refractivity contribution in [3.8, 4) is 5.75 Å². The third-order valence-corrected chi connectivity index (χ3v) is 4.69. The van der Waals surface area contributed by atoms with Crippen molar-refractivity contribution in [2.24, 2.45) is 5.92 Å². The van der Waals surface area contributed by atoms with Gasteiger partial charge in [0, 0.05) is 10.2 Å². The Kier molecular flexibility index (Phi) is 7.21. The van der Waals surface area contributed by atoms with E-state index in [1.807, 2.05) is 57.2 Å². The van der Waals surface area contributed by atoms with Gasteiger partial charge < -0.3 is 15.4 Å². The molecule has 0 aliphatic heterocycles. The van der Waals surface area contributed by atoms with Crippen molar-refractivity contribution < 1.29 is 14.3 Å². The van der Waals surface area contributed by atoms with Crippen LogP contribution in [-0.2, 0) is 9.59 Å². The topological polar surface area (TPSA) is 67.4 Å². The molecule has 2 aromatic carbocycles. The van der Waals surface area contributed by atoms with Gasteiger partial charge in [-0.1, -0.05) is 48.0 Å². The first-order chi connectivity index (χ1) is 12.4. The van der Waals surface area contributed by atoms with Gasteiger partial charge in [0.05, 0.1) is 0 Å². The van der Waals surface area contributed by atoms with Gasteiger partial charge in [-0.2, -0.15) is 0 Å². The number of hydrogen-bond acceptors (Lipinski definition) is 3. The predicted octanol–water partition coefficient (Wildman–Crippen LogP) is 3.92. The second kappa shape index (κ2) is 9.38. The highest BCUT2D eigenvalue weighted by Crippen LogP contribution is 2.20. The first kappa shape index (κ1) is 20.0. The van der Waals surface area contributed by atoms with Gasteiger partial charge in [0.25, 0.3) is 5.91 Å². The molecule has 0 bridgehead atoms. The van der Waals surface area contributed by atoms with Crippen LogP contribution >= 0.6 is 15.9 Å². The van der Waals surface area contributed by atoms with Crippen LogP contribution in [0.1, 0.15) is 19.4 Å². The molecular formula is C20H23BrN2O3. The third-order valence-electron chi connectivity index (χ3n) is 3.80. The molecule has 1 atom stereocenters. The van der Waals surface area contributed by atoms with Gasteiger partial charge in [-0.25, -0.2) is 0 Å². The van der Waals surface area contributed by atoms with Crippen molar-refractivity contribution in [2.75, 3.05) is 11.9 Å². The maximum Gasteiger partial charge on any atom is 0.258 e. The van der Waals surface area contributed by atoms with E-state index in [9.17, 15) is 9.59 Å². The monoisotopic (exact) mass is 418 g/mol. The first-order valence-electron chi connectivity index (χ1n) is 8.41. The summed E-state index contributed by atoms with van der Waals surface area (Å²) in [7, 11) is 0. The molecule has 5 nitrogen and oxygen atoms in total. The molecule has 2 amide bonds. The minimum atomic E-state index is -0.647. The lowest BCUT2D eigenvalue weighted by Crippen LogP contribution is -2.48. The Morgan fingerprint density at radius 1 is 1.12 bits per heavy atom. The molecule has 0 radical (unpaired) electrons. The van der Waals surface area contributed by atoms with Crippen molar-refractivity contribution in [1.82, 2.24) is 5.32 Å². The fourth-order valence-electron chi connectivity index (χ4n) is 2.36. The zero-order valence-corrected chi connectivity index (χ0v) is 16.7. The maximum absolute atomic E-state index is 12.6. The molecular weight excluding hydrogens is 396 g/mol. The van der Waals surface area contributed by atoms with Crippen LogP contribution in [-0.4, -0.2) is 24.5 Å². The van der Waals surface area contributed by atoms with E-state index in [4.69, 9.17) is 4.74 Å². The molecule has 138 valence electrons. The fourth-order valence-corrected chi connectivity index (χ4v) is 2.60. The van der Waals surface area contributed by atoms with Gasteiger partial charge in [-0.15, -0.1) is 0 Å². The largest absolute Gasteiger partial charge is 0.484 e. The van der Waals surface area contributed by atoms with Gasteiger partial charge >= 0.3 is 0 Å². The second-order valence-corrected chi connectivity index (χ2v) is 7.20. The van der Waals surface area contributed by atoms with E-state index in [0.717, 1.165) is 10.0 Å². The number of hydrogen-bond donors (Lipinski definition) is 2. The van der Waals surface area contributed by atoms with Crippen molar-refractivity contribution in [1.29, 1.82) is 0 Å². The number of rotatable bonds is 7. The molecule has 0 aliphatic rings. The quantitative estimate of drug-likeness (QED) is 0.715. The zero-order chi connectivity index (χ0) is 19.1. The average molecular weight is 419 g/mol. The molecule has 6 heteroatoms. The molecule has 2 aromatic rings. The number of aryl methyl sites for hydroxylation is 1. The lowest BCUT2D eigenvalue weighted by atomic mass is 10.0. The summed E-state index contributed by atoms with van der Waals surface area (Å²) in [4.78, 5) is 24.7. The Morgan fingerprint density at radius 2 is 1.81 bits per heavy atom. The summed E-state index contributed by atoms with van der Waals surface area (Å²) < 4.78 is 6.40. The number of carbonyl (C=O) groups excluding carboxylic acids is 2. The molecule has 2 N–H and O–H groups in total. The van der Waals surface area contributed by atoms with Crippen LogP contribution in [0.4, 0.5) is 5.69 Å². The summed E-state index contributed by atoms with van der Waals surface area (Å²) in [5, 5.41) is 5.60. The van der Waals surface area contributed by atoms with E-state index < -0.39 is 6.04 Å².